The fourth-order valence-corrected chi connectivity index (χ4v) is 2.36. The molecule has 1 unspecified atom stereocenters. The van der Waals surface area contributed by atoms with Crippen molar-refractivity contribution in [3.05, 3.63) is 12.3 Å². The van der Waals surface area contributed by atoms with Gasteiger partial charge in [0.25, 0.3) is 0 Å². The van der Waals surface area contributed by atoms with Crippen molar-refractivity contribution in [3.8, 4) is 0 Å². The molecule has 3 rings (SSSR count). The monoisotopic (exact) mass is 250 g/mol. The Morgan fingerprint density at radius 3 is 3.00 bits per heavy atom. The van der Waals surface area contributed by atoms with Crippen LogP contribution in [-0.4, -0.2) is 52.8 Å². The Bertz CT molecular complexity index is 453. The van der Waals surface area contributed by atoms with Gasteiger partial charge in [0.15, 0.2) is 5.82 Å². The van der Waals surface area contributed by atoms with E-state index < -0.39 is 0 Å². The number of carbonyl (C=O) groups excluding carboxylic acids is 2. The SMILES string of the molecule is O=C1CCN(c2cc[nH]n2)C(=O)N1C1CCOC1. The number of imide groups is 1. The third-order valence-corrected chi connectivity index (χ3v) is 3.29. The number of H-pyrrole nitrogens is 1. The molecule has 7 nitrogen and oxygen atoms in total. The minimum Gasteiger partial charge on any atom is -0.379 e. The molecule has 0 spiro atoms. The van der Waals surface area contributed by atoms with Crippen LogP contribution in [0.1, 0.15) is 12.8 Å². The molecule has 2 aliphatic rings. The first-order valence-electron chi connectivity index (χ1n) is 5.98. The molecule has 3 heterocycles. The van der Waals surface area contributed by atoms with Gasteiger partial charge in [-0.3, -0.25) is 19.7 Å². The zero-order valence-electron chi connectivity index (χ0n) is 9.83. The van der Waals surface area contributed by atoms with Gasteiger partial charge in [0, 0.05) is 31.8 Å². The lowest BCUT2D eigenvalue weighted by Crippen LogP contribution is -2.56. The topological polar surface area (TPSA) is 78.5 Å². The quantitative estimate of drug-likeness (QED) is 0.821. The van der Waals surface area contributed by atoms with Crippen LogP contribution < -0.4 is 4.90 Å². The molecule has 2 fully saturated rings. The second-order valence-corrected chi connectivity index (χ2v) is 4.40. The molecule has 0 aliphatic carbocycles. The van der Waals surface area contributed by atoms with Gasteiger partial charge in [0.1, 0.15) is 0 Å². The highest BCUT2D eigenvalue weighted by atomic mass is 16.5. The second-order valence-electron chi connectivity index (χ2n) is 4.40. The van der Waals surface area contributed by atoms with Gasteiger partial charge < -0.3 is 4.74 Å². The maximum atomic E-state index is 12.3. The average Bonchev–Trinajstić information content (AvgIpc) is 3.01. The van der Waals surface area contributed by atoms with Crippen LogP contribution >= 0.6 is 0 Å². The number of aromatic nitrogens is 2. The highest BCUT2D eigenvalue weighted by Crippen LogP contribution is 2.22. The van der Waals surface area contributed by atoms with E-state index in [4.69, 9.17) is 4.74 Å². The van der Waals surface area contributed by atoms with Crippen LogP contribution in [0.4, 0.5) is 10.6 Å². The molecule has 1 N–H and O–H groups in total. The molecule has 96 valence electrons. The normalized spacial score (nSPS) is 25.0. The van der Waals surface area contributed by atoms with Gasteiger partial charge in [-0.05, 0) is 6.42 Å². The molecule has 1 atom stereocenters. The van der Waals surface area contributed by atoms with E-state index in [1.54, 1.807) is 12.3 Å². The first-order chi connectivity index (χ1) is 8.77. The van der Waals surface area contributed by atoms with Gasteiger partial charge in [0.05, 0.1) is 12.6 Å². The van der Waals surface area contributed by atoms with Gasteiger partial charge in [-0.15, -0.1) is 0 Å². The number of rotatable bonds is 2. The minimum atomic E-state index is -0.297. The Kier molecular flexibility index (Phi) is 2.75. The average molecular weight is 250 g/mol. The Balaban J connectivity index is 1.84. The predicted octanol–water partition coefficient (Wildman–Crippen LogP) is 0.357. The van der Waals surface area contributed by atoms with Gasteiger partial charge in [0.2, 0.25) is 5.91 Å². The summed E-state index contributed by atoms with van der Waals surface area (Å²) in [5.74, 6) is 0.429. The third kappa shape index (κ3) is 1.76. The molecule has 2 aliphatic heterocycles. The Morgan fingerprint density at radius 2 is 2.33 bits per heavy atom. The smallest absolute Gasteiger partial charge is 0.332 e. The molecule has 1 aromatic rings. The van der Waals surface area contributed by atoms with Crippen molar-refractivity contribution in [2.45, 2.75) is 18.9 Å². The molecule has 0 bridgehead atoms. The van der Waals surface area contributed by atoms with E-state index in [-0.39, 0.29) is 18.0 Å². The summed E-state index contributed by atoms with van der Waals surface area (Å²) in [6, 6.07) is 1.29. The predicted molar refractivity (Wildman–Crippen MR) is 62.0 cm³/mol. The Morgan fingerprint density at radius 1 is 1.44 bits per heavy atom. The summed E-state index contributed by atoms with van der Waals surface area (Å²) in [6.07, 6.45) is 2.70. The van der Waals surface area contributed by atoms with Crippen LogP contribution in [0.15, 0.2) is 12.3 Å². The van der Waals surface area contributed by atoms with Crippen LogP contribution in [0.2, 0.25) is 0 Å². The molecule has 2 saturated heterocycles. The van der Waals surface area contributed by atoms with Crippen molar-refractivity contribution < 1.29 is 14.3 Å². The number of carbonyl (C=O) groups is 2. The summed E-state index contributed by atoms with van der Waals surface area (Å²) >= 11 is 0. The highest BCUT2D eigenvalue weighted by molar-refractivity contribution is 6.05. The molecule has 18 heavy (non-hydrogen) atoms. The van der Waals surface area contributed by atoms with Crippen LogP contribution in [-0.2, 0) is 9.53 Å². The van der Waals surface area contributed by atoms with E-state index in [1.807, 2.05) is 0 Å². The summed E-state index contributed by atoms with van der Waals surface area (Å²) < 4.78 is 5.25. The summed E-state index contributed by atoms with van der Waals surface area (Å²) in [6.45, 7) is 1.42. The standard InChI is InChI=1S/C11H14N4O3/c16-10-2-5-14(9-1-4-12-13-9)11(17)15(10)8-3-6-18-7-8/h1,4,8H,2-3,5-7H2,(H,12,13). The van der Waals surface area contributed by atoms with E-state index in [0.29, 0.717) is 38.4 Å². The van der Waals surface area contributed by atoms with Crippen molar-refractivity contribution in [3.63, 3.8) is 0 Å². The summed E-state index contributed by atoms with van der Waals surface area (Å²) in [5, 5.41) is 6.66. The van der Waals surface area contributed by atoms with Gasteiger partial charge >= 0.3 is 6.03 Å². The largest absolute Gasteiger partial charge is 0.379 e. The number of urea groups is 1. The fraction of sp³-hybridized carbons (Fsp3) is 0.545. The molecular weight excluding hydrogens is 236 g/mol. The maximum absolute atomic E-state index is 12.3. The van der Waals surface area contributed by atoms with Crippen LogP contribution in [0.3, 0.4) is 0 Å². The first-order valence-corrected chi connectivity index (χ1v) is 5.98. The molecule has 7 heteroatoms. The molecule has 0 saturated carbocycles. The van der Waals surface area contributed by atoms with Gasteiger partial charge in [-0.25, -0.2) is 4.79 Å². The third-order valence-electron chi connectivity index (χ3n) is 3.29. The highest BCUT2D eigenvalue weighted by Gasteiger charge is 2.39. The van der Waals surface area contributed by atoms with Crippen LogP contribution in [0.5, 0.6) is 0 Å². The van der Waals surface area contributed by atoms with E-state index in [0.717, 1.165) is 0 Å². The Hall–Kier alpha value is -1.89. The van der Waals surface area contributed by atoms with Gasteiger partial charge in [-0.2, -0.15) is 5.10 Å². The molecule has 3 amide bonds. The van der Waals surface area contributed by atoms with Crippen molar-refractivity contribution >= 4 is 17.8 Å². The number of aromatic amines is 1. The lowest BCUT2D eigenvalue weighted by Gasteiger charge is -2.35. The van der Waals surface area contributed by atoms with E-state index in [9.17, 15) is 9.59 Å². The number of nitrogens with zero attached hydrogens (tertiary/aromatic N) is 3. The summed E-state index contributed by atoms with van der Waals surface area (Å²) in [5.41, 5.74) is 0. The minimum absolute atomic E-state index is 0.123. The number of amides is 3. The molecule has 0 radical (unpaired) electrons. The maximum Gasteiger partial charge on any atom is 0.332 e. The lowest BCUT2D eigenvalue weighted by atomic mass is 10.1. The van der Waals surface area contributed by atoms with Crippen molar-refractivity contribution in [2.75, 3.05) is 24.7 Å². The second kappa shape index (κ2) is 4.41. The first kappa shape index (κ1) is 11.2. The summed E-state index contributed by atoms with van der Waals surface area (Å²) in [7, 11) is 0. The van der Waals surface area contributed by atoms with Crippen LogP contribution in [0.25, 0.3) is 0 Å². The van der Waals surface area contributed by atoms with Crippen LogP contribution in [0, 0.1) is 0 Å². The molecule has 0 aromatic carbocycles. The fourth-order valence-electron chi connectivity index (χ4n) is 2.36. The zero-order valence-corrected chi connectivity index (χ0v) is 9.83. The van der Waals surface area contributed by atoms with E-state index in [2.05, 4.69) is 10.2 Å². The molecule has 1 aromatic heterocycles. The number of ether oxygens (including phenoxy) is 1. The number of hydrogen-bond acceptors (Lipinski definition) is 4. The molecular formula is C11H14N4O3. The number of hydrogen-bond donors (Lipinski definition) is 1. The lowest BCUT2D eigenvalue weighted by molar-refractivity contribution is -0.130. The Labute approximate surface area is 104 Å². The van der Waals surface area contributed by atoms with E-state index in [1.165, 1.54) is 9.80 Å². The van der Waals surface area contributed by atoms with Crippen molar-refractivity contribution in [1.29, 1.82) is 0 Å². The summed E-state index contributed by atoms with van der Waals surface area (Å²) in [4.78, 5) is 27.1. The van der Waals surface area contributed by atoms with Gasteiger partial charge in [-0.1, -0.05) is 0 Å². The zero-order chi connectivity index (χ0) is 12.5. The number of anilines is 1. The van der Waals surface area contributed by atoms with Crippen molar-refractivity contribution in [1.82, 2.24) is 15.1 Å². The van der Waals surface area contributed by atoms with E-state index >= 15 is 0 Å². The van der Waals surface area contributed by atoms with Crippen molar-refractivity contribution in [2.24, 2.45) is 0 Å². The number of nitrogens with one attached hydrogen (secondary N) is 1.